The second-order valence-corrected chi connectivity index (χ2v) is 3.06. The van der Waals surface area contributed by atoms with Crippen molar-refractivity contribution in [2.45, 2.75) is 6.92 Å². The molecule has 4 nitrogen and oxygen atoms in total. The van der Waals surface area contributed by atoms with Crippen LogP contribution in [0, 0.1) is 6.92 Å². The molecule has 0 bridgehead atoms. The van der Waals surface area contributed by atoms with Gasteiger partial charge in [-0.2, -0.15) is 0 Å². The third-order valence-corrected chi connectivity index (χ3v) is 1.81. The summed E-state index contributed by atoms with van der Waals surface area (Å²) < 4.78 is 0. The van der Waals surface area contributed by atoms with Crippen molar-refractivity contribution in [2.24, 2.45) is 0 Å². The van der Waals surface area contributed by atoms with Gasteiger partial charge in [0, 0.05) is 24.2 Å². The number of rotatable bonds is 1. The summed E-state index contributed by atoms with van der Waals surface area (Å²) in [4.78, 5) is 12.3. The van der Waals surface area contributed by atoms with Crippen LogP contribution >= 0.6 is 0 Å². The molecular weight excluding hydrogens is 176 g/mol. The molecule has 4 heteroatoms. The maximum absolute atomic E-state index is 5.56. The van der Waals surface area contributed by atoms with Crippen LogP contribution in [0.5, 0.6) is 0 Å². The van der Waals surface area contributed by atoms with Crippen LogP contribution in [0.3, 0.4) is 0 Å². The molecular formula is C10H10N4. The predicted octanol–water partition coefficient (Wildman–Crippen LogP) is 1.43. The standard InChI is InChI=1S/C10H10N4/c1-7-4-8(6-12-5-7)10-13-3-2-9(11)14-10/h2-6H,1H3,(H2,11,13,14). The summed E-state index contributed by atoms with van der Waals surface area (Å²) in [7, 11) is 0. The minimum atomic E-state index is 0.469. The highest BCUT2D eigenvalue weighted by atomic mass is 14.9. The Bertz CT molecular complexity index is 410. The molecule has 0 saturated heterocycles. The van der Waals surface area contributed by atoms with Crippen LogP contribution in [0.2, 0.25) is 0 Å². The molecule has 0 spiro atoms. The lowest BCUT2D eigenvalue weighted by molar-refractivity contribution is 1.16. The zero-order valence-electron chi connectivity index (χ0n) is 7.81. The maximum atomic E-state index is 5.56. The van der Waals surface area contributed by atoms with Gasteiger partial charge < -0.3 is 5.73 Å². The molecule has 2 aromatic rings. The lowest BCUT2D eigenvalue weighted by Gasteiger charge is -2.00. The number of pyridine rings is 1. The van der Waals surface area contributed by atoms with Crippen LogP contribution in [0.1, 0.15) is 5.56 Å². The Balaban J connectivity index is 2.49. The molecule has 2 N–H and O–H groups in total. The lowest BCUT2D eigenvalue weighted by Crippen LogP contribution is -1.95. The Morgan fingerprint density at radius 2 is 2.14 bits per heavy atom. The van der Waals surface area contributed by atoms with Gasteiger partial charge in [-0.1, -0.05) is 0 Å². The molecule has 0 saturated carbocycles. The normalized spacial score (nSPS) is 10.1. The van der Waals surface area contributed by atoms with Gasteiger partial charge in [-0.25, -0.2) is 9.97 Å². The molecule has 70 valence electrons. The van der Waals surface area contributed by atoms with E-state index < -0.39 is 0 Å². The summed E-state index contributed by atoms with van der Waals surface area (Å²) in [6.45, 7) is 1.97. The van der Waals surface area contributed by atoms with E-state index in [0.717, 1.165) is 11.1 Å². The van der Waals surface area contributed by atoms with E-state index in [2.05, 4.69) is 15.0 Å². The Kier molecular flexibility index (Phi) is 2.10. The van der Waals surface area contributed by atoms with Crippen molar-refractivity contribution in [3.8, 4) is 11.4 Å². The minimum Gasteiger partial charge on any atom is -0.384 e. The van der Waals surface area contributed by atoms with E-state index in [1.165, 1.54) is 0 Å². The van der Waals surface area contributed by atoms with Crippen LogP contribution in [0.15, 0.2) is 30.7 Å². The lowest BCUT2D eigenvalue weighted by atomic mass is 10.2. The van der Waals surface area contributed by atoms with Gasteiger partial charge >= 0.3 is 0 Å². The number of hydrogen-bond donors (Lipinski definition) is 1. The number of hydrogen-bond acceptors (Lipinski definition) is 4. The third kappa shape index (κ3) is 1.69. The summed E-state index contributed by atoms with van der Waals surface area (Å²) in [6, 6.07) is 3.63. The summed E-state index contributed by atoms with van der Waals surface area (Å²) in [5.74, 6) is 1.08. The molecule has 2 heterocycles. The zero-order chi connectivity index (χ0) is 9.97. The van der Waals surface area contributed by atoms with E-state index >= 15 is 0 Å². The number of nitrogen functional groups attached to an aromatic ring is 1. The van der Waals surface area contributed by atoms with Gasteiger partial charge in [0.1, 0.15) is 5.82 Å². The monoisotopic (exact) mass is 186 g/mol. The van der Waals surface area contributed by atoms with Crippen molar-refractivity contribution >= 4 is 5.82 Å². The third-order valence-electron chi connectivity index (χ3n) is 1.81. The fraction of sp³-hybridized carbons (Fsp3) is 0.100. The molecule has 0 atom stereocenters. The molecule has 0 fully saturated rings. The number of nitrogens with zero attached hydrogens (tertiary/aromatic N) is 3. The molecule has 0 radical (unpaired) electrons. The van der Waals surface area contributed by atoms with E-state index in [-0.39, 0.29) is 0 Å². The van der Waals surface area contributed by atoms with Gasteiger partial charge in [-0.3, -0.25) is 4.98 Å². The van der Waals surface area contributed by atoms with Crippen LogP contribution in [-0.2, 0) is 0 Å². The predicted molar refractivity (Wildman–Crippen MR) is 54.4 cm³/mol. The van der Waals surface area contributed by atoms with Gasteiger partial charge in [0.2, 0.25) is 0 Å². The topological polar surface area (TPSA) is 64.7 Å². The fourth-order valence-electron chi connectivity index (χ4n) is 1.19. The molecule has 2 aromatic heterocycles. The summed E-state index contributed by atoms with van der Waals surface area (Å²) >= 11 is 0. The first kappa shape index (κ1) is 8.62. The molecule has 0 aliphatic heterocycles. The largest absolute Gasteiger partial charge is 0.384 e. The highest BCUT2D eigenvalue weighted by Gasteiger charge is 2.01. The Hall–Kier alpha value is -1.97. The van der Waals surface area contributed by atoms with E-state index in [0.29, 0.717) is 11.6 Å². The van der Waals surface area contributed by atoms with E-state index in [1.807, 2.05) is 13.0 Å². The van der Waals surface area contributed by atoms with Gasteiger partial charge in [0.05, 0.1) is 0 Å². The molecule has 0 unspecified atom stereocenters. The van der Waals surface area contributed by atoms with Crippen molar-refractivity contribution in [1.29, 1.82) is 0 Å². The molecule has 0 aliphatic carbocycles. The first-order valence-corrected chi connectivity index (χ1v) is 4.26. The molecule has 2 rings (SSSR count). The van der Waals surface area contributed by atoms with Gasteiger partial charge in [-0.05, 0) is 24.6 Å². The smallest absolute Gasteiger partial charge is 0.163 e. The molecule has 14 heavy (non-hydrogen) atoms. The first-order valence-electron chi connectivity index (χ1n) is 4.26. The zero-order valence-corrected chi connectivity index (χ0v) is 7.81. The van der Waals surface area contributed by atoms with Crippen molar-refractivity contribution in [3.63, 3.8) is 0 Å². The summed E-state index contributed by atoms with van der Waals surface area (Å²) in [5.41, 5.74) is 7.53. The van der Waals surface area contributed by atoms with Crippen LogP contribution < -0.4 is 5.73 Å². The highest BCUT2D eigenvalue weighted by Crippen LogP contribution is 2.14. The maximum Gasteiger partial charge on any atom is 0.163 e. The first-order chi connectivity index (χ1) is 6.75. The van der Waals surface area contributed by atoms with E-state index in [1.54, 1.807) is 24.7 Å². The minimum absolute atomic E-state index is 0.469. The fourth-order valence-corrected chi connectivity index (χ4v) is 1.19. The van der Waals surface area contributed by atoms with E-state index in [9.17, 15) is 0 Å². The number of nitrogens with two attached hydrogens (primary N) is 1. The highest BCUT2D eigenvalue weighted by molar-refractivity contribution is 5.55. The van der Waals surface area contributed by atoms with Crippen molar-refractivity contribution in [1.82, 2.24) is 15.0 Å². The number of aromatic nitrogens is 3. The van der Waals surface area contributed by atoms with Gasteiger partial charge in [-0.15, -0.1) is 0 Å². The van der Waals surface area contributed by atoms with E-state index in [4.69, 9.17) is 5.73 Å². The van der Waals surface area contributed by atoms with Crippen molar-refractivity contribution < 1.29 is 0 Å². The van der Waals surface area contributed by atoms with Crippen LogP contribution in [-0.4, -0.2) is 15.0 Å². The summed E-state index contributed by atoms with van der Waals surface area (Å²) in [6.07, 6.45) is 5.15. The summed E-state index contributed by atoms with van der Waals surface area (Å²) in [5, 5.41) is 0. The Morgan fingerprint density at radius 3 is 2.86 bits per heavy atom. The Labute approximate surface area is 81.9 Å². The van der Waals surface area contributed by atoms with Crippen molar-refractivity contribution in [2.75, 3.05) is 5.73 Å². The average molecular weight is 186 g/mol. The average Bonchev–Trinajstić information content (AvgIpc) is 2.18. The van der Waals surface area contributed by atoms with Crippen LogP contribution in [0.4, 0.5) is 5.82 Å². The second-order valence-electron chi connectivity index (χ2n) is 3.06. The number of anilines is 1. The van der Waals surface area contributed by atoms with Gasteiger partial charge in [0.15, 0.2) is 5.82 Å². The SMILES string of the molecule is Cc1cncc(-c2nccc(N)n2)c1. The Morgan fingerprint density at radius 1 is 1.29 bits per heavy atom. The van der Waals surface area contributed by atoms with Gasteiger partial charge in [0.25, 0.3) is 0 Å². The van der Waals surface area contributed by atoms with Crippen molar-refractivity contribution in [3.05, 3.63) is 36.3 Å². The molecule has 0 aliphatic rings. The van der Waals surface area contributed by atoms with Crippen LogP contribution in [0.25, 0.3) is 11.4 Å². The number of aryl methyl sites for hydroxylation is 1. The second kappa shape index (κ2) is 3.41. The molecule has 0 aromatic carbocycles. The molecule has 0 amide bonds. The quantitative estimate of drug-likeness (QED) is 0.731.